The molecule has 1 nitrogen and oxygen atoms in total. The van der Waals surface area contributed by atoms with Gasteiger partial charge in [0.15, 0.2) is 0 Å². The summed E-state index contributed by atoms with van der Waals surface area (Å²) in [5, 5.41) is 0. The van der Waals surface area contributed by atoms with Crippen LogP contribution in [0.25, 0.3) is 11.1 Å². The molecule has 0 atom stereocenters. The molecule has 0 saturated carbocycles. The molecule has 0 unspecified atom stereocenters. The molecule has 0 fully saturated rings. The topological polar surface area (TPSA) is 17.1 Å². The summed E-state index contributed by atoms with van der Waals surface area (Å²) in [5.74, 6) is -0.592. The molecule has 5 heteroatoms. The minimum absolute atomic E-state index is 0.0957. The lowest BCUT2D eigenvalue weighted by Gasteiger charge is -2.08. The quantitative estimate of drug-likeness (QED) is 0.585. The molecule has 2 aromatic carbocycles. The normalized spacial score (nSPS) is 11.4. The molecule has 0 radical (unpaired) electrons. The van der Waals surface area contributed by atoms with Crippen LogP contribution in [0.15, 0.2) is 42.5 Å². The van der Waals surface area contributed by atoms with Gasteiger partial charge in [0, 0.05) is 11.1 Å². The first-order valence-electron chi connectivity index (χ1n) is 5.34. The third-order valence-electron chi connectivity index (χ3n) is 2.65. The van der Waals surface area contributed by atoms with Crippen molar-refractivity contribution in [3.8, 4) is 11.1 Å². The van der Waals surface area contributed by atoms with Crippen LogP contribution in [0.5, 0.6) is 0 Å². The molecule has 2 rings (SSSR count). The molecule has 19 heavy (non-hydrogen) atoms. The highest BCUT2D eigenvalue weighted by Crippen LogP contribution is 2.31. The monoisotopic (exact) mass is 268 g/mol. The van der Waals surface area contributed by atoms with Gasteiger partial charge in [-0.15, -0.1) is 0 Å². The van der Waals surface area contributed by atoms with Gasteiger partial charge in [-0.2, -0.15) is 13.2 Å². The van der Waals surface area contributed by atoms with E-state index >= 15 is 0 Å². The Bertz CT molecular complexity index is 600. The average molecular weight is 268 g/mol. The summed E-state index contributed by atoms with van der Waals surface area (Å²) in [6.07, 6.45) is -3.88. The van der Waals surface area contributed by atoms with Gasteiger partial charge in [0.2, 0.25) is 0 Å². The van der Waals surface area contributed by atoms with Gasteiger partial charge >= 0.3 is 6.18 Å². The van der Waals surface area contributed by atoms with Crippen LogP contribution in [-0.2, 0) is 6.18 Å². The molecule has 0 saturated heterocycles. The minimum Gasteiger partial charge on any atom is -0.298 e. The van der Waals surface area contributed by atoms with Crippen molar-refractivity contribution in [2.45, 2.75) is 6.18 Å². The summed E-state index contributed by atoms with van der Waals surface area (Å²) in [7, 11) is 0. The van der Waals surface area contributed by atoms with Gasteiger partial charge in [-0.1, -0.05) is 12.1 Å². The van der Waals surface area contributed by atoms with Crippen molar-refractivity contribution in [3.63, 3.8) is 0 Å². The summed E-state index contributed by atoms with van der Waals surface area (Å²) < 4.78 is 50.8. The Balaban J connectivity index is 2.45. The molecule has 0 aliphatic rings. The number of carbonyl (C=O) groups is 1. The molecule has 0 amide bonds. The summed E-state index contributed by atoms with van der Waals surface area (Å²) in [5.41, 5.74) is -0.160. The van der Waals surface area contributed by atoms with Crippen molar-refractivity contribution in [1.82, 2.24) is 0 Å². The van der Waals surface area contributed by atoms with E-state index in [0.717, 1.165) is 18.2 Å². The molecule has 0 N–H and O–H groups in total. The van der Waals surface area contributed by atoms with Crippen LogP contribution in [0.4, 0.5) is 17.6 Å². The highest BCUT2D eigenvalue weighted by molar-refractivity contribution is 5.79. The number of rotatable bonds is 2. The van der Waals surface area contributed by atoms with Gasteiger partial charge in [-0.05, 0) is 35.9 Å². The summed E-state index contributed by atoms with van der Waals surface area (Å²) in [4.78, 5) is 10.6. The summed E-state index contributed by atoms with van der Waals surface area (Å²) in [6.45, 7) is 0. The van der Waals surface area contributed by atoms with E-state index in [0.29, 0.717) is 6.29 Å². The number of carbonyl (C=O) groups excluding carboxylic acids is 1. The first kappa shape index (κ1) is 13.3. The maximum Gasteiger partial charge on any atom is 0.416 e. The van der Waals surface area contributed by atoms with Gasteiger partial charge in [-0.3, -0.25) is 4.79 Å². The lowest BCUT2D eigenvalue weighted by atomic mass is 10.0. The standard InChI is InChI=1S/C14H8F4O/c15-13-6-1-9(8-19)7-12(13)10-2-4-11(5-3-10)14(16,17)18/h1-8H. The van der Waals surface area contributed by atoms with E-state index in [1.165, 1.54) is 24.3 Å². The van der Waals surface area contributed by atoms with Crippen molar-refractivity contribution < 1.29 is 22.4 Å². The molecule has 0 aliphatic carbocycles. The number of aldehydes is 1. The van der Waals surface area contributed by atoms with Crippen LogP contribution < -0.4 is 0 Å². The summed E-state index contributed by atoms with van der Waals surface area (Å²) in [6, 6.07) is 7.81. The van der Waals surface area contributed by atoms with Crippen LogP contribution >= 0.6 is 0 Å². The maximum absolute atomic E-state index is 13.6. The van der Waals surface area contributed by atoms with Crippen LogP contribution in [0, 0.1) is 5.82 Å². The van der Waals surface area contributed by atoms with Gasteiger partial charge in [-0.25, -0.2) is 4.39 Å². The van der Waals surface area contributed by atoms with E-state index in [2.05, 4.69) is 0 Å². The second-order valence-electron chi connectivity index (χ2n) is 3.93. The molecule has 0 heterocycles. The number of hydrogen-bond acceptors (Lipinski definition) is 1. The second-order valence-corrected chi connectivity index (χ2v) is 3.93. The smallest absolute Gasteiger partial charge is 0.298 e. The zero-order valence-corrected chi connectivity index (χ0v) is 9.54. The average Bonchev–Trinajstić information content (AvgIpc) is 2.38. The van der Waals surface area contributed by atoms with Crippen LogP contribution in [0.2, 0.25) is 0 Å². The number of halogens is 4. The van der Waals surface area contributed by atoms with Crippen molar-refractivity contribution in [3.05, 3.63) is 59.4 Å². The molecule has 0 aromatic heterocycles. The van der Waals surface area contributed by atoms with E-state index in [1.54, 1.807) is 0 Å². The fraction of sp³-hybridized carbons (Fsp3) is 0.0714. The molecule has 0 aliphatic heterocycles. The van der Waals surface area contributed by atoms with Gasteiger partial charge in [0.05, 0.1) is 5.56 Å². The molecule has 0 bridgehead atoms. The Morgan fingerprint density at radius 3 is 2.11 bits per heavy atom. The zero-order valence-electron chi connectivity index (χ0n) is 9.54. The molecular weight excluding hydrogens is 260 g/mol. The van der Waals surface area contributed by atoms with Crippen LogP contribution in [0.1, 0.15) is 15.9 Å². The Kier molecular flexibility index (Phi) is 3.38. The third-order valence-corrected chi connectivity index (χ3v) is 2.65. The van der Waals surface area contributed by atoms with Crippen molar-refractivity contribution >= 4 is 6.29 Å². The number of hydrogen-bond donors (Lipinski definition) is 0. The Hall–Kier alpha value is -2.17. The van der Waals surface area contributed by atoms with Crippen molar-refractivity contribution in [2.24, 2.45) is 0 Å². The molecule has 0 spiro atoms. The first-order chi connectivity index (χ1) is 8.91. The van der Waals surface area contributed by atoms with Gasteiger partial charge in [0.1, 0.15) is 12.1 Å². The van der Waals surface area contributed by atoms with E-state index in [-0.39, 0.29) is 16.7 Å². The summed E-state index contributed by atoms with van der Waals surface area (Å²) >= 11 is 0. The maximum atomic E-state index is 13.6. The van der Waals surface area contributed by atoms with E-state index in [4.69, 9.17) is 0 Å². The Labute approximate surface area is 106 Å². The Morgan fingerprint density at radius 1 is 0.947 bits per heavy atom. The number of benzene rings is 2. The van der Waals surface area contributed by atoms with Gasteiger partial charge in [0.25, 0.3) is 0 Å². The van der Waals surface area contributed by atoms with Crippen LogP contribution in [-0.4, -0.2) is 6.29 Å². The first-order valence-corrected chi connectivity index (χ1v) is 5.34. The highest BCUT2D eigenvalue weighted by Gasteiger charge is 2.30. The third kappa shape index (κ3) is 2.81. The van der Waals surface area contributed by atoms with Gasteiger partial charge < -0.3 is 0 Å². The zero-order chi connectivity index (χ0) is 14.0. The van der Waals surface area contributed by atoms with E-state index < -0.39 is 17.6 Å². The van der Waals surface area contributed by atoms with Crippen molar-refractivity contribution in [2.75, 3.05) is 0 Å². The Morgan fingerprint density at radius 2 is 1.58 bits per heavy atom. The predicted octanol–water partition coefficient (Wildman–Crippen LogP) is 4.32. The second kappa shape index (κ2) is 4.84. The predicted molar refractivity (Wildman–Crippen MR) is 62.2 cm³/mol. The fourth-order valence-corrected chi connectivity index (χ4v) is 1.68. The fourth-order valence-electron chi connectivity index (χ4n) is 1.68. The minimum atomic E-state index is -4.43. The number of alkyl halides is 3. The largest absolute Gasteiger partial charge is 0.416 e. The van der Waals surface area contributed by atoms with E-state index in [1.807, 2.05) is 0 Å². The molecule has 98 valence electrons. The molecule has 2 aromatic rings. The van der Waals surface area contributed by atoms with Crippen LogP contribution in [0.3, 0.4) is 0 Å². The molecular formula is C14H8F4O. The van der Waals surface area contributed by atoms with Crippen molar-refractivity contribution in [1.29, 1.82) is 0 Å². The highest BCUT2D eigenvalue weighted by atomic mass is 19.4. The lowest BCUT2D eigenvalue weighted by Crippen LogP contribution is -2.04. The SMILES string of the molecule is O=Cc1ccc(F)c(-c2ccc(C(F)(F)F)cc2)c1. The van der Waals surface area contributed by atoms with E-state index in [9.17, 15) is 22.4 Å². The lowest BCUT2D eigenvalue weighted by molar-refractivity contribution is -0.137.